The van der Waals surface area contributed by atoms with Gasteiger partial charge in [0.2, 0.25) is 21.9 Å². The van der Waals surface area contributed by atoms with Gasteiger partial charge in [-0.15, -0.1) is 0 Å². The second kappa shape index (κ2) is 7.36. The number of aromatic nitrogens is 2. The molecule has 28 heavy (non-hydrogen) atoms. The molecule has 0 aliphatic carbocycles. The molecule has 0 bridgehead atoms. The Morgan fingerprint density at radius 3 is 2.46 bits per heavy atom. The number of ether oxygens (including phenoxy) is 1. The first kappa shape index (κ1) is 18.6. The molecule has 0 saturated carbocycles. The van der Waals surface area contributed by atoms with Gasteiger partial charge < -0.3 is 14.5 Å². The maximum absolute atomic E-state index is 13.1. The van der Waals surface area contributed by atoms with Gasteiger partial charge in [-0.1, -0.05) is 0 Å². The Morgan fingerprint density at radius 1 is 1.07 bits per heavy atom. The normalized spacial score (nSPS) is 17.8. The van der Waals surface area contributed by atoms with Gasteiger partial charge in [-0.05, 0) is 24.3 Å². The molecule has 4 rings (SSSR count). The Balaban J connectivity index is 1.55. The van der Waals surface area contributed by atoms with Gasteiger partial charge in [0.05, 0.1) is 17.1 Å². The van der Waals surface area contributed by atoms with Crippen molar-refractivity contribution in [3.05, 3.63) is 36.7 Å². The summed E-state index contributed by atoms with van der Waals surface area (Å²) >= 11 is 0. The average Bonchev–Trinajstić information content (AvgIpc) is 2.73. The fourth-order valence-corrected chi connectivity index (χ4v) is 4.86. The van der Waals surface area contributed by atoms with E-state index in [2.05, 4.69) is 9.97 Å². The SMILES string of the molecule is CC(=O)N1CCOc2ccc(S(=O)(=O)N3CCN(c4ncccn4)CC3)cc21. The Labute approximate surface area is 163 Å². The van der Waals surface area contributed by atoms with Gasteiger partial charge in [-0.3, -0.25) is 4.79 Å². The molecule has 0 N–H and O–H groups in total. The quantitative estimate of drug-likeness (QED) is 0.746. The second-order valence-corrected chi connectivity index (χ2v) is 8.53. The van der Waals surface area contributed by atoms with Crippen LogP contribution >= 0.6 is 0 Å². The number of carbonyl (C=O) groups is 1. The highest BCUT2D eigenvalue weighted by molar-refractivity contribution is 7.89. The second-order valence-electron chi connectivity index (χ2n) is 6.59. The molecular weight excluding hydrogens is 382 g/mol. The zero-order valence-corrected chi connectivity index (χ0v) is 16.3. The summed E-state index contributed by atoms with van der Waals surface area (Å²) in [6.07, 6.45) is 3.34. The molecule has 0 atom stereocenters. The third-order valence-corrected chi connectivity index (χ3v) is 6.78. The molecule has 148 valence electrons. The minimum atomic E-state index is -3.68. The van der Waals surface area contributed by atoms with Gasteiger partial charge in [0.25, 0.3) is 0 Å². The van der Waals surface area contributed by atoms with E-state index in [0.29, 0.717) is 56.7 Å². The molecule has 1 aromatic heterocycles. The van der Waals surface area contributed by atoms with Gasteiger partial charge in [-0.25, -0.2) is 18.4 Å². The summed E-state index contributed by atoms with van der Waals surface area (Å²) < 4.78 is 33.3. The molecule has 1 amide bonds. The Bertz CT molecular complexity index is 975. The van der Waals surface area contributed by atoms with Crippen molar-refractivity contribution in [2.75, 3.05) is 49.1 Å². The van der Waals surface area contributed by atoms with Gasteiger partial charge in [0.15, 0.2) is 0 Å². The Morgan fingerprint density at radius 2 is 1.79 bits per heavy atom. The first-order chi connectivity index (χ1) is 13.5. The number of rotatable bonds is 3. The number of hydrogen-bond donors (Lipinski definition) is 0. The number of anilines is 2. The van der Waals surface area contributed by atoms with E-state index in [4.69, 9.17) is 4.74 Å². The summed E-state index contributed by atoms with van der Waals surface area (Å²) in [6.45, 7) is 3.95. The van der Waals surface area contributed by atoms with Crippen molar-refractivity contribution in [2.45, 2.75) is 11.8 Å². The van der Waals surface area contributed by atoms with Crippen LogP contribution in [0, 0.1) is 0 Å². The smallest absolute Gasteiger partial charge is 0.243 e. The molecule has 0 unspecified atom stereocenters. The highest BCUT2D eigenvalue weighted by atomic mass is 32.2. The molecular formula is C18H21N5O4S. The van der Waals surface area contributed by atoms with E-state index >= 15 is 0 Å². The minimum Gasteiger partial charge on any atom is -0.490 e. The number of fused-ring (bicyclic) bond motifs is 1. The van der Waals surface area contributed by atoms with Gasteiger partial charge in [0, 0.05) is 45.5 Å². The molecule has 3 heterocycles. The summed E-state index contributed by atoms with van der Waals surface area (Å²) in [5, 5.41) is 0. The predicted octanol–water partition coefficient (Wildman–Crippen LogP) is 0.733. The molecule has 0 spiro atoms. The fraction of sp³-hybridized carbons (Fsp3) is 0.389. The van der Waals surface area contributed by atoms with Crippen LogP contribution < -0.4 is 14.5 Å². The van der Waals surface area contributed by atoms with Crippen LogP contribution in [0.1, 0.15) is 6.92 Å². The van der Waals surface area contributed by atoms with E-state index in [1.807, 2.05) is 4.90 Å². The van der Waals surface area contributed by atoms with E-state index in [1.54, 1.807) is 29.4 Å². The summed E-state index contributed by atoms with van der Waals surface area (Å²) in [6, 6.07) is 6.42. The van der Waals surface area contributed by atoms with Crippen molar-refractivity contribution in [3.63, 3.8) is 0 Å². The van der Waals surface area contributed by atoms with E-state index in [-0.39, 0.29) is 10.8 Å². The number of nitrogens with zero attached hydrogens (tertiary/aromatic N) is 5. The summed E-state index contributed by atoms with van der Waals surface area (Å²) in [4.78, 5) is 24.0. The molecule has 2 aliphatic heterocycles. The zero-order chi connectivity index (χ0) is 19.7. The van der Waals surface area contributed by atoms with Crippen molar-refractivity contribution in [1.29, 1.82) is 0 Å². The number of benzene rings is 1. The first-order valence-corrected chi connectivity index (χ1v) is 10.5. The number of amides is 1. The van der Waals surface area contributed by atoms with Crippen LogP contribution in [0.25, 0.3) is 0 Å². The third kappa shape index (κ3) is 3.40. The van der Waals surface area contributed by atoms with Crippen LogP contribution in [0.15, 0.2) is 41.6 Å². The van der Waals surface area contributed by atoms with Gasteiger partial charge in [-0.2, -0.15) is 4.31 Å². The topological polar surface area (TPSA) is 95.9 Å². The summed E-state index contributed by atoms with van der Waals surface area (Å²) in [5.74, 6) is 0.976. The molecule has 2 aliphatic rings. The lowest BCUT2D eigenvalue weighted by atomic mass is 10.2. The van der Waals surface area contributed by atoms with Crippen LogP contribution in [0.2, 0.25) is 0 Å². The third-order valence-electron chi connectivity index (χ3n) is 4.89. The van der Waals surface area contributed by atoms with Gasteiger partial charge >= 0.3 is 0 Å². The molecule has 1 fully saturated rings. The van der Waals surface area contributed by atoms with E-state index in [9.17, 15) is 13.2 Å². The average molecular weight is 403 g/mol. The van der Waals surface area contributed by atoms with E-state index < -0.39 is 10.0 Å². The minimum absolute atomic E-state index is 0.143. The van der Waals surface area contributed by atoms with Crippen molar-refractivity contribution < 1.29 is 17.9 Å². The van der Waals surface area contributed by atoms with E-state index in [1.165, 1.54) is 23.4 Å². The molecule has 9 nitrogen and oxygen atoms in total. The van der Waals surface area contributed by atoms with Crippen LogP contribution in [0.3, 0.4) is 0 Å². The lowest BCUT2D eigenvalue weighted by Gasteiger charge is -2.34. The highest BCUT2D eigenvalue weighted by Crippen LogP contribution is 2.34. The molecule has 10 heteroatoms. The summed E-state index contributed by atoms with van der Waals surface area (Å²) in [7, 11) is -3.68. The maximum atomic E-state index is 13.1. The number of hydrogen-bond acceptors (Lipinski definition) is 7. The lowest BCUT2D eigenvalue weighted by molar-refractivity contribution is -0.116. The van der Waals surface area contributed by atoms with Crippen molar-refractivity contribution >= 4 is 27.6 Å². The summed E-state index contributed by atoms with van der Waals surface area (Å²) in [5.41, 5.74) is 0.496. The van der Waals surface area contributed by atoms with Crippen molar-refractivity contribution in [2.24, 2.45) is 0 Å². The Hall–Kier alpha value is -2.72. The van der Waals surface area contributed by atoms with E-state index in [0.717, 1.165) is 0 Å². The molecule has 1 aromatic carbocycles. The van der Waals surface area contributed by atoms with Crippen LogP contribution in [0.4, 0.5) is 11.6 Å². The standard InChI is InChI=1S/C18H21N5O4S/c1-14(24)23-11-12-27-17-4-3-15(13-16(17)23)28(25,26)22-9-7-21(8-10-22)18-19-5-2-6-20-18/h2-6,13H,7-12H2,1H3. The van der Waals surface area contributed by atoms with Crippen LogP contribution in [-0.2, 0) is 14.8 Å². The lowest BCUT2D eigenvalue weighted by Crippen LogP contribution is -2.49. The zero-order valence-electron chi connectivity index (χ0n) is 15.5. The highest BCUT2D eigenvalue weighted by Gasteiger charge is 2.31. The molecule has 1 saturated heterocycles. The van der Waals surface area contributed by atoms with Crippen LogP contribution in [0.5, 0.6) is 5.75 Å². The fourth-order valence-electron chi connectivity index (χ4n) is 3.42. The first-order valence-electron chi connectivity index (χ1n) is 9.04. The van der Waals surface area contributed by atoms with Crippen molar-refractivity contribution in [1.82, 2.24) is 14.3 Å². The maximum Gasteiger partial charge on any atom is 0.243 e. The number of piperazine rings is 1. The molecule has 2 aromatic rings. The van der Waals surface area contributed by atoms with Crippen molar-refractivity contribution in [3.8, 4) is 5.75 Å². The monoisotopic (exact) mass is 403 g/mol. The number of carbonyl (C=O) groups excluding carboxylic acids is 1. The predicted molar refractivity (Wildman–Crippen MR) is 103 cm³/mol. The van der Waals surface area contributed by atoms with Gasteiger partial charge in [0.1, 0.15) is 12.4 Å². The van der Waals surface area contributed by atoms with Crippen LogP contribution in [-0.4, -0.2) is 67.9 Å². The number of sulfonamides is 1. The Kier molecular flexibility index (Phi) is 4.90. The molecule has 0 radical (unpaired) electrons. The largest absolute Gasteiger partial charge is 0.490 e.